The van der Waals surface area contributed by atoms with Gasteiger partial charge in [0.2, 0.25) is 0 Å². The van der Waals surface area contributed by atoms with E-state index in [2.05, 4.69) is 0 Å². The van der Waals surface area contributed by atoms with Crippen molar-refractivity contribution in [2.45, 2.75) is 12.8 Å². The van der Waals surface area contributed by atoms with Gasteiger partial charge in [0.15, 0.2) is 0 Å². The molecule has 0 radical (unpaired) electrons. The number of Topliss-reactive ketones (excluding diaryl/α,β-unsaturated/α-hetero) is 1. The smallest absolute Gasteiger partial charge is 0.257 e. The summed E-state index contributed by atoms with van der Waals surface area (Å²) in [5.41, 5.74) is 0.516. The Balaban J connectivity index is 2.02. The van der Waals surface area contributed by atoms with Crippen molar-refractivity contribution in [2.24, 2.45) is 0 Å². The van der Waals surface area contributed by atoms with Gasteiger partial charge in [0, 0.05) is 31.3 Å². The van der Waals surface area contributed by atoms with E-state index in [-0.39, 0.29) is 11.7 Å². The lowest BCUT2D eigenvalue weighted by molar-refractivity contribution is -0.120. The Labute approximate surface area is 134 Å². The number of carbonyl (C=O) groups excluding carboxylic acids is 2. The van der Waals surface area contributed by atoms with Crippen LogP contribution in [0.25, 0.3) is 10.8 Å². The second-order valence-corrected chi connectivity index (χ2v) is 5.56. The first kappa shape index (κ1) is 15.3. The van der Waals surface area contributed by atoms with Gasteiger partial charge in [-0.15, -0.1) is 0 Å². The van der Waals surface area contributed by atoms with Crippen LogP contribution in [0.5, 0.6) is 11.5 Å². The van der Waals surface area contributed by atoms with Crippen LogP contribution in [-0.4, -0.2) is 43.9 Å². The first-order chi connectivity index (χ1) is 11.1. The Kier molecular flexibility index (Phi) is 4.19. The van der Waals surface area contributed by atoms with Crippen molar-refractivity contribution in [1.82, 2.24) is 4.90 Å². The lowest BCUT2D eigenvalue weighted by atomic mass is 10.0. The minimum absolute atomic E-state index is 0.0981. The molecule has 0 bridgehead atoms. The number of hydrogen-bond acceptors (Lipinski definition) is 4. The summed E-state index contributed by atoms with van der Waals surface area (Å²) in [7, 11) is 3.16. The average Bonchev–Trinajstić information content (AvgIpc) is 2.60. The third-order valence-corrected chi connectivity index (χ3v) is 4.22. The first-order valence-corrected chi connectivity index (χ1v) is 7.59. The van der Waals surface area contributed by atoms with E-state index >= 15 is 0 Å². The highest BCUT2D eigenvalue weighted by Gasteiger charge is 2.24. The predicted molar refractivity (Wildman–Crippen MR) is 87.2 cm³/mol. The summed E-state index contributed by atoms with van der Waals surface area (Å²) in [6, 6.07) is 9.36. The number of fused-ring (bicyclic) bond motifs is 1. The van der Waals surface area contributed by atoms with E-state index in [4.69, 9.17) is 9.47 Å². The molecule has 1 saturated heterocycles. The fourth-order valence-electron chi connectivity index (χ4n) is 2.92. The number of hydrogen-bond donors (Lipinski definition) is 0. The number of methoxy groups -OCH3 is 2. The molecule has 0 unspecified atom stereocenters. The molecule has 0 saturated carbocycles. The number of amides is 1. The molecule has 2 aromatic carbocycles. The summed E-state index contributed by atoms with van der Waals surface area (Å²) < 4.78 is 10.8. The molecule has 5 nitrogen and oxygen atoms in total. The number of benzene rings is 2. The van der Waals surface area contributed by atoms with E-state index in [1.165, 1.54) is 0 Å². The normalized spacial score (nSPS) is 14.9. The maximum absolute atomic E-state index is 12.8. The quantitative estimate of drug-likeness (QED) is 0.874. The molecule has 23 heavy (non-hydrogen) atoms. The molecule has 0 atom stereocenters. The van der Waals surface area contributed by atoms with Gasteiger partial charge < -0.3 is 14.4 Å². The molecular formula is C18H19NO4. The lowest BCUT2D eigenvalue weighted by Crippen LogP contribution is -2.38. The van der Waals surface area contributed by atoms with Crippen molar-refractivity contribution in [3.05, 3.63) is 35.9 Å². The summed E-state index contributed by atoms with van der Waals surface area (Å²) in [4.78, 5) is 25.9. The van der Waals surface area contributed by atoms with E-state index < -0.39 is 0 Å². The molecule has 0 N–H and O–H groups in total. The van der Waals surface area contributed by atoms with Gasteiger partial charge in [0.05, 0.1) is 19.8 Å². The van der Waals surface area contributed by atoms with Crippen molar-refractivity contribution >= 4 is 22.5 Å². The van der Waals surface area contributed by atoms with Gasteiger partial charge in [-0.05, 0) is 23.6 Å². The molecule has 0 spiro atoms. The van der Waals surface area contributed by atoms with Gasteiger partial charge in [-0.3, -0.25) is 9.59 Å². The minimum atomic E-state index is -0.0981. The van der Waals surface area contributed by atoms with E-state index in [0.29, 0.717) is 37.2 Å². The highest BCUT2D eigenvalue weighted by molar-refractivity contribution is 6.03. The van der Waals surface area contributed by atoms with Gasteiger partial charge in [0.25, 0.3) is 5.91 Å². The largest absolute Gasteiger partial charge is 0.496 e. The SMILES string of the molecule is COc1cc2c(OC)cccc2cc1C(=O)N1CCC(=O)CC1. The molecule has 120 valence electrons. The Morgan fingerprint density at radius 1 is 1.04 bits per heavy atom. The number of nitrogens with zero attached hydrogens (tertiary/aromatic N) is 1. The van der Waals surface area contributed by atoms with Crippen LogP contribution < -0.4 is 9.47 Å². The molecule has 0 aromatic heterocycles. The van der Waals surface area contributed by atoms with Crippen molar-refractivity contribution in [2.75, 3.05) is 27.3 Å². The highest BCUT2D eigenvalue weighted by atomic mass is 16.5. The Bertz CT molecular complexity index is 759. The Morgan fingerprint density at radius 2 is 1.74 bits per heavy atom. The van der Waals surface area contributed by atoms with Crippen LogP contribution in [0.3, 0.4) is 0 Å². The fourth-order valence-corrected chi connectivity index (χ4v) is 2.92. The Hall–Kier alpha value is -2.56. The van der Waals surface area contributed by atoms with Gasteiger partial charge in [-0.25, -0.2) is 0 Å². The van der Waals surface area contributed by atoms with Crippen LogP contribution in [0.15, 0.2) is 30.3 Å². The number of piperidine rings is 1. The first-order valence-electron chi connectivity index (χ1n) is 7.59. The van der Waals surface area contributed by atoms with E-state index in [1.807, 2.05) is 30.3 Å². The average molecular weight is 313 g/mol. The molecule has 3 rings (SSSR count). The van der Waals surface area contributed by atoms with Crippen molar-refractivity contribution < 1.29 is 19.1 Å². The van der Waals surface area contributed by atoms with Crippen LogP contribution in [0.2, 0.25) is 0 Å². The van der Waals surface area contributed by atoms with Crippen LogP contribution in [0.4, 0.5) is 0 Å². The topological polar surface area (TPSA) is 55.8 Å². The number of ether oxygens (including phenoxy) is 2. The third-order valence-electron chi connectivity index (χ3n) is 4.22. The summed E-state index contributed by atoms with van der Waals surface area (Å²) in [6.07, 6.45) is 0.852. The molecule has 1 aliphatic rings. The third kappa shape index (κ3) is 2.86. The lowest BCUT2D eigenvalue weighted by Gasteiger charge is -2.26. The molecule has 5 heteroatoms. The van der Waals surface area contributed by atoms with Crippen LogP contribution in [0.1, 0.15) is 23.2 Å². The van der Waals surface area contributed by atoms with Gasteiger partial charge >= 0.3 is 0 Å². The zero-order chi connectivity index (χ0) is 16.4. The monoisotopic (exact) mass is 313 g/mol. The molecule has 0 aliphatic carbocycles. The summed E-state index contributed by atoms with van der Waals surface area (Å²) >= 11 is 0. The number of ketones is 1. The molecule has 1 heterocycles. The molecule has 1 fully saturated rings. The van der Waals surface area contributed by atoms with Gasteiger partial charge in [0.1, 0.15) is 17.3 Å². The zero-order valence-electron chi connectivity index (χ0n) is 13.3. The van der Waals surface area contributed by atoms with E-state index in [0.717, 1.165) is 16.5 Å². The summed E-state index contributed by atoms with van der Waals surface area (Å²) in [6.45, 7) is 0.938. The second-order valence-electron chi connectivity index (χ2n) is 5.56. The fraction of sp³-hybridized carbons (Fsp3) is 0.333. The summed E-state index contributed by atoms with van der Waals surface area (Å²) in [5.74, 6) is 1.37. The minimum Gasteiger partial charge on any atom is -0.496 e. The van der Waals surface area contributed by atoms with Crippen LogP contribution >= 0.6 is 0 Å². The van der Waals surface area contributed by atoms with Crippen molar-refractivity contribution in [3.63, 3.8) is 0 Å². The second kappa shape index (κ2) is 6.28. The van der Waals surface area contributed by atoms with E-state index in [9.17, 15) is 9.59 Å². The predicted octanol–water partition coefficient (Wildman–Crippen LogP) is 2.66. The summed E-state index contributed by atoms with van der Waals surface area (Å²) in [5, 5.41) is 1.82. The standard InChI is InChI=1S/C18H19NO4/c1-22-16-5-3-4-12-10-15(17(23-2)11-14(12)16)18(21)19-8-6-13(20)7-9-19/h3-5,10-11H,6-9H2,1-2H3. The van der Waals surface area contributed by atoms with Gasteiger partial charge in [-0.2, -0.15) is 0 Å². The van der Waals surface area contributed by atoms with Crippen LogP contribution in [0, 0.1) is 0 Å². The van der Waals surface area contributed by atoms with Crippen molar-refractivity contribution in [3.8, 4) is 11.5 Å². The van der Waals surface area contributed by atoms with E-state index in [1.54, 1.807) is 19.1 Å². The van der Waals surface area contributed by atoms with Gasteiger partial charge in [-0.1, -0.05) is 12.1 Å². The number of carbonyl (C=O) groups is 2. The van der Waals surface area contributed by atoms with Crippen molar-refractivity contribution in [1.29, 1.82) is 0 Å². The molecular weight excluding hydrogens is 294 g/mol. The zero-order valence-corrected chi connectivity index (χ0v) is 13.3. The molecule has 1 aliphatic heterocycles. The highest BCUT2D eigenvalue weighted by Crippen LogP contribution is 2.32. The molecule has 2 aromatic rings. The van der Waals surface area contributed by atoms with Crippen LogP contribution in [-0.2, 0) is 4.79 Å². The maximum Gasteiger partial charge on any atom is 0.257 e. The number of rotatable bonds is 3. The molecule has 1 amide bonds. The maximum atomic E-state index is 12.8. The number of likely N-dealkylation sites (tertiary alicyclic amines) is 1. The Morgan fingerprint density at radius 3 is 2.39 bits per heavy atom.